The molecule has 1 unspecified atom stereocenters. The van der Waals surface area contributed by atoms with Gasteiger partial charge in [0.05, 0.1) is 24.2 Å². The molecule has 0 bridgehead atoms. The van der Waals surface area contributed by atoms with Crippen LogP contribution in [0.3, 0.4) is 0 Å². The molecule has 7 heteroatoms. The van der Waals surface area contributed by atoms with E-state index in [1.165, 1.54) is 0 Å². The summed E-state index contributed by atoms with van der Waals surface area (Å²) in [6.45, 7) is 2.51. The molecule has 1 aromatic heterocycles. The second kappa shape index (κ2) is 7.28. The Labute approximate surface area is 137 Å². The summed E-state index contributed by atoms with van der Waals surface area (Å²) in [7, 11) is 0. The maximum atomic E-state index is 12.2. The molecule has 0 spiro atoms. The van der Waals surface area contributed by atoms with Crippen LogP contribution in [-0.4, -0.2) is 54.5 Å². The van der Waals surface area contributed by atoms with Crippen molar-refractivity contribution in [2.75, 3.05) is 26.3 Å². The molecule has 0 saturated carbocycles. The van der Waals surface area contributed by atoms with E-state index in [2.05, 4.69) is 20.9 Å². The smallest absolute Gasteiger partial charge is 0.410 e. The predicted molar refractivity (Wildman–Crippen MR) is 82.9 cm³/mol. The highest BCUT2D eigenvalue weighted by Crippen LogP contribution is 2.25. The largest absolute Gasteiger partial charge is 0.472 e. The van der Waals surface area contributed by atoms with E-state index in [0.717, 1.165) is 23.7 Å². The molecule has 3 rings (SSSR count). The van der Waals surface area contributed by atoms with Crippen molar-refractivity contribution in [1.29, 1.82) is 0 Å². The van der Waals surface area contributed by atoms with Gasteiger partial charge in [0.25, 0.3) is 0 Å². The average molecular weight is 371 g/mol. The van der Waals surface area contributed by atoms with Crippen LogP contribution in [0, 0.1) is 0 Å². The SMILES string of the molecule is O=C(OC1CCOCC1)N1CCC(Oc2ncccc2Br)C1. The van der Waals surface area contributed by atoms with Crippen LogP contribution in [0.25, 0.3) is 0 Å². The van der Waals surface area contributed by atoms with E-state index < -0.39 is 0 Å². The van der Waals surface area contributed by atoms with Crippen LogP contribution >= 0.6 is 15.9 Å². The lowest BCUT2D eigenvalue weighted by molar-refractivity contribution is -0.00899. The Morgan fingerprint density at radius 3 is 2.91 bits per heavy atom. The summed E-state index contributed by atoms with van der Waals surface area (Å²) in [5, 5.41) is 0. The number of carbonyl (C=O) groups excluding carboxylic acids is 1. The summed E-state index contributed by atoms with van der Waals surface area (Å²) in [5.74, 6) is 0.562. The molecule has 2 aliphatic heterocycles. The minimum Gasteiger partial charge on any atom is -0.472 e. The molecule has 0 aromatic carbocycles. The van der Waals surface area contributed by atoms with Crippen molar-refractivity contribution in [2.24, 2.45) is 0 Å². The Hall–Kier alpha value is -1.34. The number of hydrogen-bond donors (Lipinski definition) is 0. The summed E-state index contributed by atoms with van der Waals surface area (Å²) >= 11 is 3.41. The van der Waals surface area contributed by atoms with Crippen LogP contribution in [-0.2, 0) is 9.47 Å². The van der Waals surface area contributed by atoms with Crippen LogP contribution in [0.5, 0.6) is 5.88 Å². The first kappa shape index (κ1) is 15.6. The zero-order valence-corrected chi connectivity index (χ0v) is 13.8. The van der Waals surface area contributed by atoms with Gasteiger partial charge in [-0.25, -0.2) is 9.78 Å². The van der Waals surface area contributed by atoms with Gasteiger partial charge in [-0.15, -0.1) is 0 Å². The van der Waals surface area contributed by atoms with Crippen molar-refractivity contribution in [2.45, 2.75) is 31.5 Å². The fourth-order valence-electron chi connectivity index (χ4n) is 2.62. The molecule has 0 aliphatic carbocycles. The summed E-state index contributed by atoms with van der Waals surface area (Å²) in [6.07, 6.45) is 3.71. The van der Waals surface area contributed by atoms with Gasteiger partial charge in [-0.2, -0.15) is 0 Å². The normalized spacial score (nSPS) is 22.6. The minimum absolute atomic E-state index is 0.0221. The first-order valence-corrected chi connectivity index (χ1v) is 8.32. The number of nitrogens with zero attached hydrogens (tertiary/aromatic N) is 2. The lowest BCUT2D eigenvalue weighted by Gasteiger charge is -2.25. The second-order valence-corrected chi connectivity index (χ2v) is 6.31. The van der Waals surface area contributed by atoms with E-state index in [-0.39, 0.29) is 18.3 Å². The number of ether oxygens (including phenoxy) is 3. The van der Waals surface area contributed by atoms with Crippen LogP contribution in [0.4, 0.5) is 4.79 Å². The number of rotatable bonds is 3. The van der Waals surface area contributed by atoms with E-state index in [9.17, 15) is 4.79 Å². The van der Waals surface area contributed by atoms with Gasteiger partial charge in [0.2, 0.25) is 5.88 Å². The molecule has 6 nitrogen and oxygen atoms in total. The summed E-state index contributed by atoms with van der Waals surface area (Å²) in [4.78, 5) is 18.1. The molecule has 2 fully saturated rings. The van der Waals surface area contributed by atoms with Crippen LogP contribution in [0.15, 0.2) is 22.8 Å². The fourth-order valence-corrected chi connectivity index (χ4v) is 2.97. The molecule has 120 valence electrons. The van der Waals surface area contributed by atoms with Gasteiger partial charge >= 0.3 is 6.09 Å². The monoisotopic (exact) mass is 370 g/mol. The van der Waals surface area contributed by atoms with E-state index in [4.69, 9.17) is 14.2 Å². The number of halogens is 1. The molecule has 2 aliphatic rings. The minimum atomic E-state index is -0.252. The number of likely N-dealkylation sites (tertiary alicyclic amines) is 1. The molecule has 0 N–H and O–H groups in total. The zero-order valence-electron chi connectivity index (χ0n) is 12.2. The first-order chi connectivity index (χ1) is 10.7. The van der Waals surface area contributed by atoms with Crippen molar-refractivity contribution in [3.05, 3.63) is 22.8 Å². The standard InChI is InChI=1S/C15H19BrN2O4/c16-13-2-1-6-17-14(13)21-12-3-7-18(10-12)15(19)22-11-4-8-20-9-5-11/h1-2,6,11-12H,3-5,7-10H2. The summed E-state index contributed by atoms with van der Waals surface area (Å²) in [5.41, 5.74) is 0. The van der Waals surface area contributed by atoms with Gasteiger partial charge in [-0.05, 0) is 28.1 Å². The van der Waals surface area contributed by atoms with Crippen LogP contribution in [0.2, 0.25) is 0 Å². The van der Waals surface area contributed by atoms with Crippen LogP contribution in [0.1, 0.15) is 19.3 Å². The molecule has 1 atom stereocenters. The van der Waals surface area contributed by atoms with Crippen molar-refractivity contribution in [3.63, 3.8) is 0 Å². The van der Waals surface area contributed by atoms with E-state index in [1.807, 2.05) is 12.1 Å². The first-order valence-electron chi connectivity index (χ1n) is 7.53. The Bertz CT molecular complexity index is 522. The third-order valence-corrected chi connectivity index (χ3v) is 4.45. The maximum absolute atomic E-state index is 12.2. The Morgan fingerprint density at radius 1 is 1.32 bits per heavy atom. The molecule has 2 saturated heterocycles. The van der Waals surface area contributed by atoms with Gasteiger partial charge in [-0.3, -0.25) is 0 Å². The number of aromatic nitrogens is 1. The molecule has 0 radical (unpaired) electrons. The van der Waals surface area contributed by atoms with Crippen LogP contribution < -0.4 is 4.74 Å². The molecule has 3 heterocycles. The van der Waals surface area contributed by atoms with Crippen molar-refractivity contribution in [3.8, 4) is 5.88 Å². The average Bonchev–Trinajstić information content (AvgIpc) is 2.99. The summed E-state index contributed by atoms with van der Waals surface area (Å²) in [6, 6.07) is 3.72. The van der Waals surface area contributed by atoms with Gasteiger partial charge in [0.1, 0.15) is 12.2 Å². The Kier molecular flexibility index (Phi) is 5.15. The third kappa shape index (κ3) is 3.89. The lowest BCUT2D eigenvalue weighted by atomic mass is 10.2. The number of carbonyl (C=O) groups is 1. The molecule has 1 aromatic rings. The highest BCUT2D eigenvalue weighted by Gasteiger charge is 2.31. The number of pyridine rings is 1. The Balaban J connectivity index is 1.49. The quantitative estimate of drug-likeness (QED) is 0.818. The van der Waals surface area contributed by atoms with Gasteiger partial charge < -0.3 is 19.1 Å². The highest BCUT2D eigenvalue weighted by molar-refractivity contribution is 9.10. The highest BCUT2D eigenvalue weighted by atomic mass is 79.9. The van der Waals surface area contributed by atoms with Gasteiger partial charge in [-0.1, -0.05) is 0 Å². The van der Waals surface area contributed by atoms with Crippen molar-refractivity contribution in [1.82, 2.24) is 9.88 Å². The maximum Gasteiger partial charge on any atom is 0.410 e. The second-order valence-electron chi connectivity index (χ2n) is 5.46. The topological polar surface area (TPSA) is 60.9 Å². The van der Waals surface area contributed by atoms with Gasteiger partial charge in [0, 0.05) is 32.0 Å². The molecule has 22 heavy (non-hydrogen) atoms. The predicted octanol–water partition coefficient (Wildman–Crippen LogP) is 2.61. The van der Waals surface area contributed by atoms with E-state index in [1.54, 1.807) is 11.1 Å². The van der Waals surface area contributed by atoms with E-state index in [0.29, 0.717) is 32.2 Å². The summed E-state index contributed by atoms with van der Waals surface area (Å²) < 4.78 is 17.5. The number of hydrogen-bond acceptors (Lipinski definition) is 5. The van der Waals surface area contributed by atoms with Crippen molar-refractivity contribution < 1.29 is 19.0 Å². The fraction of sp³-hybridized carbons (Fsp3) is 0.600. The Morgan fingerprint density at radius 2 is 2.14 bits per heavy atom. The molecular formula is C15H19BrN2O4. The zero-order chi connectivity index (χ0) is 15.4. The van der Waals surface area contributed by atoms with Crippen molar-refractivity contribution >= 4 is 22.0 Å². The number of amides is 1. The van der Waals surface area contributed by atoms with E-state index >= 15 is 0 Å². The molecular weight excluding hydrogens is 352 g/mol. The van der Waals surface area contributed by atoms with Gasteiger partial charge in [0.15, 0.2) is 0 Å². The third-order valence-electron chi connectivity index (χ3n) is 3.84. The molecule has 1 amide bonds. The lowest BCUT2D eigenvalue weighted by Crippen LogP contribution is -2.36.